The van der Waals surface area contributed by atoms with Crippen molar-refractivity contribution in [1.29, 1.82) is 10.5 Å². The highest BCUT2D eigenvalue weighted by Crippen LogP contribution is 2.36. The Balaban J connectivity index is 2.27. The SMILES string of the molecule is CC1CCC2(CC1)N=C(N)C(=C(C#N)C#N)N2. The zero-order valence-electron chi connectivity index (χ0n) is 9.82. The number of hydrogen-bond acceptors (Lipinski definition) is 5. The van der Waals surface area contributed by atoms with Crippen LogP contribution >= 0.6 is 0 Å². The van der Waals surface area contributed by atoms with Crippen LogP contribution in [0.15, 0.2) is 16.3 Å². The molecular formula is C12H15N5. The van der Waals surface area contributed by atoms with Gasteiger partial charge in [0.1, 0.15) is 29.3 Å². The standard InChI is InChI=1S/C12H15N5/c1-8-2-4-12(5-3-8)16-10(11(15)17-12)9(6-13)7-14/h8,16H,2-5H2,1H3,(H2,15,17). The number of nitriles is 2. The highest BCUT2D eigenvalue weighted by Gasteiger charge is 2.40. The van der Waals surface area contributed by atoms with E-state index in [1.807, 2.05) is 12.1 Å². The van der Waals surface area contributed by atoms with E-state index >= 15 is 0 Å². The summed E-state index contributed by atoms with van der Waals surface area (Å²) in [6.45, 7) is 2.22. The van der Waals surface area contributed by atoms with E-state index in [0.717, 1.165) is 25.7 Å². The molecular weight excluding hydrogens is 214 g/mol. The fourth-order valence-electron chi connectivity index (χ4n) is 2.42. The summed E-state index contributed by atoms with van der Waals surface area (Å²) in [5, 5.41) is 20.9. The first-order chi connectivity index (χ1) is 8.10. The van der Waals surface area contributed by atoms with Crippen molar-refractivity contribution in [2.24, 2.45) is 16.6 Å². The van der Waals surface area contributed by atoms with Crippen LogP contribution in [0.5, 0.6) is 0 Å². The summed E-state index contributed by atoms with van der Waals surface area (Å²) in [7, 11) is 0. The molecule has 3 N–H and O–H groups in total. The first kappa shape index (κ1) is 11.5. The van der Waals surface area contributed by atoms with Gasteiger partial charge in [-0.1, -0.05) is 6.92 Å². The van der Waals surface area contributed by atoms with Crippen molar-refractivity contribution in [1.82, 2.24) is 5.32 Å². The molecule has 1 aliphatic carbocycles. The Morgan fingerprint density at radius 3 is 2.53 bits per heavy atom. The van der Waals surface area contributed by atoms with E-state index in [2.05, 4.69) is 17.2 Å². The van der Waals surface area contributed by atoms with Gasteiger partial charge in [0.2, 0.25) is 0 Å². The number of allylic oxidation sites excluding steroid dienone is 1. The second kappa shape index (κ2) is 4.10. The van der Waals surface area contributed by atoms with Crippen molar-refractivity contribution in [3.8, 4) is 12.1 Å². The van der Waals surface area contributed by atoms with Gasteiger partial charge in [0.15, 0.2) is 5.57 Å². The molecule has 5 nitrogen and oxygen atoms in total. The molecule has 88 valence electrons. The van der Waals surface area contributed by atoms with E-state index in [0.29, 0.717) is 11.6 Å². The van der Waals surface area contributed by atoms with Crippen LogP contribution in [0.4, 0.5) is 0 Å². The molecule has 1 heterocycles. The molecule has 0 saturated heterocycles. The molecule has 0 atom stereocenters. The Morgan fingerprint density at radius 1 is 1.41 bits per heavy atom. The van der Waals surface area contributed by atoms with Gasteiger partial charge >= 0.3 is 0 Å². The number of amidine groups is 1. The minimum Gasteiger partial charge on any atom is -0.382 e. The minimum atomic E-state index is -0.370. The van der Waals surface area contributed by atoms with Gasteiger partial charge < -0.3 is 11.1 Å². The van der Waals surface area contributed by atoms with Crippen LogP contribution in [0, 0.1) is 28.6 Å². The number of aliphatic imine (C=N–C) groups is 1. The van der Waals surface area contributed by atoms with E-state index in [-0.39, 0.29) is 17.1 Å². The third-order valence-electron chi connectivity index (χ3n) is 3.52. The maximum atomic E-state index is 8.85. The molecule has 1 aliphatic heterocycles. The number of nitrogens with zero attached hydrogens (tertiary/aromatic N) is 3. The highest BCUT2D eigenvalue weighted by molar-refractivity contribution is 6.00. The van der Waals surface area contributed by atoms with Crippen LogP contribution in [0.2, 0.25) is 0 Å². The highest BCUT2D eigenvalue weighted by atomic mass is 15.2. The molecule has 1 spiro atoms. The molecule has 0 radical (unpaired) electrons. The first-order valence-corrected chi connectivity index (χ1v) is 5.78. The van der Waals surface area contributed by atoms with Crippen LogP contribution in [0.25, 0.3) is 0 Å². The number of nitrogens with two attached hydrogens (primary N) is 1. The predicted molar refractivity (Wildman–Crippen MR) is 63.4 cm³/mol. The van der Waals surface area contributed by atoms with Crippen LogP contribution in [-0.2, 0) is 0 Å². The van der Waals surface area contributed by atoms with E-state index in [1.165, 1.54) is 0 Å². The van der Waals surface area contributed by atoms with Crippen LogP contribution in [0.1, 0.15) is 32.6 Å². The predicted octanol–water partition coefficient (Wildman–Crippen LogP) is 1.15. The number of rotatable bonds is 0. The molecule has 1 fully saturated rings. The van der Waals surface area contributed by atoms with Gasteiger partial charge in [-0.05, 0) is 31.6 Å². The van der Waals surface area contributed by atoms with Gasteiger partial charge in [0.25, 0.3) is 0 Å². The van der Waals surface area contributed by atoms with Crippen LogP contribution < -0.4 is 11.1 Å². The van der Waals surface area contributed by atoms with E-state index in [1.54, 1.807) is 0 Å². The van der Waals surface area contributed by atoms with Gasteiger partial charge in [-0.2, -0.15) is 10.5 Å². The fourth-order valence-corrected chi connectivity index (χ4v) is 2.42. The fraction of sp³-hybridized carbons (Fsp3) is 0.583. The van der Waals surface area contributed by atoms with Crippen molar-refractivity contribution in [3.63, 3.8) is 0 Å². The minimum absolute atomic E-state index is 0.0155. The Bertz CT molecular complexity index is 450. The monoisotopic (exact) mass is 229 g/mol. The van der Waals surface area contributed by atoms with Gasteiger partial charge in [0.05, 0.1) is 0 Å². The Labute approximate surface area is 101 Å². The molecule has 1 saturated carbocycles. The van der Waals surface area contributed by atoms with Gasteiger partial charge in [-0.25, -0.2) is 4.99 Å². The third-order valence-corrected chi connectivity index (χ3v) is 3.52. The van der Waals surface area contributed by atoms with Crippen molar-refractivity contribution in [2.75, 3.05) is 0 Å². The van der Waals surface area contributed by atoms with Crippen molar-refractivity contribution >= 4 is 5.84 Å². The normalized spacial score (nSPS) is 31.4. The topological polar surface area (TPSA) is 98.0 Å². The van der Waals surface area contributed by atoms with Crippen molar-refractivity contribution < 1.29 is 0 Å². The molecule has 0 aromatic heterocycles. The van der Waals surface area contributed by atoms with Crippen LogP contribution in [0.3, 0.4) is 0 Å². The Hall–Kier alpha value is -2.01. The number of nitrogens with one attached hydrogen (secondary N) is 1. The summed E-state index contributed by atoms with van der Waals surface area (Å²) in [5.41, 5.74) is 5.85. The summed E-state index contributed by atoms with van der Waals surface area (Å²) in [4.78, 5) is 4.44. The van der Waals surface area contributed by atoms with E-state index in [9.17, 15) is 0 Å². The van der Waals surface area contributed by atoms with Crippen molar-refractivity contribution in [2.45, 2.75) is 38.3 Å². The zero-order valence-corrected chi connectivity index (χ0v) is 9.82. The summed E-state index contributed by atoms with van der Waals surface area (Å²) in [6, 6.07) is 3.70. The van der Waals surface area contributed by atoms with E-state index < -0.39 is 0 Å². The zero-order chi connectivity index (χ0) is 12.5. The van der Waals surface area contributed by atoms with Gasteiger partial charge in [-0.15, -0.1) is 0 Å². The van der Waals surface area contributed by atoms with E-state index in [4.69, 9.17) is 16.3 Å². The molecule has 2 rings (SSSR count). The lowest BCUT2D eigenvalue weighted by Crippen LogP contribution is -2.42. The Kier molecular flexibility index (Phi) is 2.77. The molecule has 0 bridgehead atoms. The maximum absolute atomic E-state index is 8.85. The second-order valence-electron chi connectivity index (χ2n) is 4.81. The van der Waals surface area contributed by atoms with Crippen molar-refractivity contribution in [3.05, 3.63) is 11.3 Å². The summed E-state index contributed by atoms with van der Waals surface area (Å²) >= 11 is 0. The average Bonchev–Trinajstić information content (AvgIpc) is 2.63. The lowest BCUT2D eigenvalue weighted by molar-refractivity contribution is 0.229. The molecule has 0 unspecified atom stereocenters. The third kappa shape index (κ3) is 1.97. The summed E-state index contributed by atoms with van der Waals surface area (Å²) < 4.78 is 0. The molecule has 0 amide bonds. The van der Waals surface area contributed by atoms with Crippen LogP contribution in [-0.4, -0.2) is 11.5 Å². The molecule has 17 heavy (non-hydrogen) atoms. The number of hydrogen-bond donors (Lipinski definition) is 2. The molecule has 5 heteroatoms. The van der Waals surface area contributed by atoms with Gasteiger partial charge in [-0.3, -0.25) is 0 Å². The second-order valence-corrected chi connectivity index (χ2v) is 4.81. The summed E-state index contributed by atoms with van der Waals surface area (Å²) in [6.07, 6.45) is 3.99. The Morgan fingerprint density at radius 2 is 2.00 bits per heavy atom. The largest absolute Gasteiger partial charge is 0.382 e. The molecule has 2 aliphatic rings. The lowest BCUT2D eigenvalue weighted by atomic mass is 9.83. The maximum Gasteiger partial charge on any atom is 0.156 e. The molecule has 0 aromatic rings. The average molecular weight is 229 g/mol. The lowest BCUT2D eigenvalue weighted by Gasteiger charge is -2.34. The molecule has 0 aromatic carbocycles. The first-order valence-electron chi connectivity index (χ1n) is 5.78. The van der Waals surface area contributed by atoms with Gasteiger partial charge in [0, 0.05) is 0 Å². The smallest absolute Gasteiger partial charge is 0.156 e. The summed E-state index contributed by atoms with van der Waals surface area (Å²) in [5.74, 6) is 0.996. The quantitative estimate of drug-likeness (QED) is 0.609.